The molecule has 1 aromatic carbocycles. The Morgan fingerprint density at radius 2 is 1.71 bits per heavy atom. The fourth-order valence-electron chi connectivity index (χ4n) is 2.61. The monoisotopic (exact) mass is 354 g/mol. The number of nitrogens with zero attached hydrogens (tertiary/aromatic N) is 1. The molecular weight excluding hydrogens is 324 g/mol. The van der Waals surface area contributed by atoms with Crippen LogP contribution in [0.25, 0.3) is 0 Å². The van der Waals surface area contributed by atoms with E-state index >= 15 is 0 Å². The fraction of sp³-hybridized carbons (Fsp3) is 0.667. The molecule has 0 amide bonds. The van der Waals surface area contributed by atoms with E-state index in [9.17, 15) is 0 Å². The van der Waals surface area contributed by atoms with Crippen LogP contribution in [-0.2, 0) is 0 Å². The van der Waals surface area contributed by atoms with Gasteiger partial charge >= 0.3 is 0 Å². The van der Waals surface area contributed by atoms with E-state index in [-0.39, 0.29) is 0 Å². The summed E-state index contributed by atoms with van der Waals surface area (Å²) in [7, 11) is 0. The average Bonchev–Trinajstić information content (AvgIpc) is 2.47. The van der Waals surface area contributed by atoms with E-state index in [1.54, 1.807) is 0 Å². The maximum absolute atomic E-state index is 3.70. The molecular formula is C18H31BrN2. The lowest BCUT2D eigenvalue weighted by molar-refractivity contribution is 0.209. The van der Waals surface area contributed by atoms with Crippen LogP contribution in [0, 0.1) is 0 Å². The molecule has 0 spiro atoms. The highest BCUT2D eigenvalue weighted by Gasteiger charge is 2.14. The zero-order chi connectivity index (χ0) is 15.7. The summed E-state index contributed by atoms with van der Waals surface area (Å²) in [4.78, 5) is 2.58. The number of halogens is 1. The molecule has 0 aliphatic rings. The van der Waals surface area contributed by atoms with Gasteiger partial charge in [-0.15, -0.1) is 0 Å². The van der Waals surface area contributed by atoms with E-state index < -0.39 is 0 Å². The Bertz CT molecular complexity index is 375. The average molecular weight is 355 g/mol. The van der Waals surface area contributed by atoms with Crippen molar-refractivity contribution in [3.8, 4) is 0 Å². The highest BCUT2D eigenvalue weighted by Crippen LogP contribution is 2.20. The van der Waals surface area contributed by atoms with Crippen molar-refractivity contribution in [1.29, 1.82) is 0 Å². The molecule has 120 valence electrons. The first-order chi connectivity index (χ1) is 10.1. The Labute approximate surface area is 139 Å². The second kappa shape index (κ2) is 10.4. The van der Waals surface area contributed by atoms with Crippen molar-refractivity contribution in [2.75, 3.05) is 19.6 Å². The highest BCUT2D eigenvalue weighted by atomic mass is 79.9. The first kappa shape index (κ1) is 18.7. The molecule has 21 heavy (non-hydrogen) atoms. The summed E-state index contributed by atoms with van der Waals surface area (Å²) >= 11 is 3.52. The van der Waals surface area contributed by atoms with E-state index in [2.05, 4.69) is 78.1 Å². The Hall–Kier alpha value is -0.380. The molecule has 0 aromatic heterocycles. The molecule has 3 heteroatoms. The van der Waals surface area contributed by atoms with Gasteiger partial charge in [0.2, 0.25) is 0 Å². The molecule has 0 heterocycles. The molecule has 1 N–H and O–H groups in total. The van der Waals surface area contributed by atoms with Crippen molar-refractivity contribution in [2.24, 2.45) is 0 Å². The molecule has 1 atom stereocenters. The van der Waals surface area contributed by atoms with Crippen LogP contribution in [0.1, 0.15) is 58.6 Å². The number of hydrogen-bond acceptors (Lipinski definition) is 2. The predicted octanol–water partition coefficient (Wildman–Crippen LogP) is 5.00. The molecule has 2 nitrogen and oxygen atoms in total. The molecule has 0 aliphatic carbocycles. The van der Waals surface area contributed by atoms with Crippen LogP contribution in [0.3, 0.4) is 0 Å². The van der Waals surface area contributed by atoms with Gasteiger partial charge in [0.1, 0.15) is 0 Å². The Morgan fingerprint density at radius 1 is 1.05 bits per heavy atom. The van der Waals surface area contributed by atoms with Crippen LogP contribution < -0.4 is 5.32 Å². The molecule has 1 aromatic rings. The van der Waals surface area contributed by atoms with Crippen LogP contribution in [-0.4, -0.2) is 30.6 Å². The van der Waals surface area contributed by atoms with Gasteiger partial charge in [0, 0.05) is 23.1 Å². The third-order valence-corrected chi connectivity index (χ3v) is 4.39. The standard InChI is InChI=1S/C18H31BrN2/c1-5-12-20-18(16-7-9-17(19)10-8-16)11-14-21(13-6-2)15(3)4/h7-10,15,18,20H,5-6,11-14H2,1-4H3. The van der Waals surface area contributed by atoms with Gasteiger partial charge in [-0.2, -0.15) is 0 Å². The lowest BCUT2D eigenvalue weighted by Crippen LogP contribution is -2.35. The third-order valence-electron chi connectivity index (χ3n) is 3.86. The molecule has 0 radical (unpaired) electrons. The maximum atomic E-state index is 3.70. The van der Waals surface area contributed by atoms with Gasteiger partial charge in [-0.05, 0) is 63.9 Å². The number of hydrogen-bond donors (Lipinski definition) is 1. The summed E-state index contributed by atoms with van der Waals surface area (Å²) < 4.78 is 1.15. The second-order valence-electron chi connectivity index (χ2n) is 5.98. The van der Waals surface area contributed by atoms with Crippen molar-refractivity contribution in [2.45, 2.75) is 59.0 Å². The molecule has 0 saturated heterocycles. The van der Waals surface area contributed by atoms with Crippen molar-refractivity contribution in [3.63, 3.8) is 0 Å². The lowest BCUT2D eigenvalue weighted by Gasteiger charge is -2.28. The normalized spacial score (nSPS) is 13.1. The molecule has 1 unspecified atom stereocenters. The van der Waals surface area contributed by atoms with Gasteiger partial charge in [0.05, 0.1) is 0 Å². The van der Waals surface area contributed by atoms with Crippen LogP contribution >= 0.6 is 15.9 Å². The quantitative estimate of drug-likeness (QED) is 0.635. The van der Waals surface area contributed by atoms with Gasteiger partial charge in [-0.1, -0.05) is 41.9 Å². The molecule has 0 bridgehead atoms. The highest BCUT2D eigenvalue weighted by molar-refractivity contribution is 9.10. The van der Waals surface area contributed by atoms with Gasteiger partial charge < -0.3 is 10.2 Å². The number of benzene rings is 1. The van der Waals surface area contributed by atoms with E-state index in [0.29, 0.717) is 12.1 Å². The Morgan fingerprint density at radius 3 is 2.24 bits per heavy atom. The van der Waals surface area contributed by atoms with Gasteiger partial charge in [-0.25, -0.2) is 0 Å². The van der Waals surface area contributed by atoms with Crippen molar-refractivity contribution >= 4 is 15.9 Å². The fourth-order valence-corrected chi connectivity index (χ4v) is 2.87. The summed E-state index contributed by atoms with van der Waals surface area (Å²) in [5.41, 5.74) is 1.40. The Kier molecular flexibility index (Phi) is 9.21. The van der Waals surface area contributed by atoms with E-state index in [4.69, 9.17) is 0 Å². The number of rotatable bonds is 10. The molecule has 0 saturated carbocycles. The minimum absolute atomic E-state index is 0.455. The van der Waals surface area contributed by atoms with E-state index in [1.807, 2.05) is 0 Å². The van der Waals surface area contributed by atoms with Gasteiger partial charge in [0.25, 0.3) is 0 Å². The van der Waals surface area contributed by atoms with Crippen molar-refractivity contribution < 1.29 is 0 Å². The molecule has 0 fully saturated rings. The zero-order valence-corrected chi connectivity index (χ0v) is 15.6. The minimum atomic E-state index is 0.455. The van der Waals surface area contributed by atoms with Crippen LogP contribution in [0.4, 0.5) is 0 Å². The van der Waals surface area contributed by atoms with E-state index in [1.165, 1.54) is 31.4 Å². The third kappa shape index (κ3) is 6.94. The van der Waals surface area contributed by atoms with Crippen LogP contribution in [0.15, 0.2) is 28.7 Å². The molecule has 1 rings (SSSR count). The van der Waals surface area contributed by atoms with Gasteiger partial charge in [0.15, 0.2) is 0 Å². The first-order valence-corrected chi connectivity index (χ1v) is 9.10. The second-order valence-corrected chi connectivity index (χ2v) is 6.89. The van der Waals surface area contributed by atoms with Crippen molar-refractivity contribution in [3.05, 3.63) is 34.3 Å². The van der Waals surface area contributed by atoms with Gasteiger partial charge in [-0.3, -0.25) is 0 Å². The Balaban J connectivity index is 2.66. The van der Waals surface area contributed by atoms with E-state index in [0.717, 1.165) is 17.6 Å². The topological polar surface area (TPSA) is 15.3 Å². The number of nitrogens with one attached hydrogen (secondary N) is 1. The summed E-state index contributed by atoms with van der Waals surface area (Å²) in [5, 5.41) is 3.70. The maximum Gasteiger partial charge on any atom is 0.0332 e. The summed E-state index contributed by atoms with van der Waals surface area (Å²) in [6.07, 6.45) is 3.57. The smallest absolute Gasteiger partial charge is 0.0332 e. The van der Waals surface area contributed by atoms with Crippen LogP contribution in [0.5, 0.6) is 0 Å². The summed E-state index contributed by atoms with van der Waals surface area (Å²) in [6, 6.07) is 9.83. The summed E-state index contributed by atoms with van der Waals surface area (Å²) in [5.74, 6) is 0. The molecule has 0 aliphatic heterocycles. The largest absolute Gasteiger partial charge is 0.310 e. The predicted molar refractivity (Wildman–Crippen MR) is 96.8 cm³/mol. The minimum Gasteiger partial charge on any atom is -0.310 e. The summed E-state index contributed by atoms with van der Waals surface area (Å²) in [6.45, 7) is 12.5. The van der Waals surface area contributed by atoms with Crippen LogP contribution in [0.2, 0.25) is 0 Å². The van der Waals surface area contributed by atoms with Crippen molar-refractivity contribution in [1.82, 2.24) is 10.2 Å². The zero-order valence-electron chi connectivity index (χ0n) is 14.0. The lowest BCUT2D eigenvalue weighted by atomic mass is 10.0. The SMILES string of the molecule is CCCNC(CCN(CCC)C(C)C)c1ccc(Br)cc1. The first-order valence-electron chi connectivity index (χ1n) is 8.31.